The summed E-state index contributed by atoms with van der Waals surface area (Å²) in [5, 5.41) is 18.2. The van der Waals surface area contributed by atoms with Crippen molar-refractivity contribution in [1.82, 2.24) is 0 Å². The van der Waals surface area contributed by atoms with Crippen LogP contribution in [0.25, 0.3) is 0 Å². The zero-order valence-corrected chi connectivity index (χ0v) is 7.49. The van der Waals surface area contributed by atoms with E-state index in [1.165, 1.54) is 18.2 Å². The molecule has 5 heteroatoms. The van der Waals surface area contributed by atoms with Crippen molar-refractivity contribution >= 4 is 23.1 Å². The largest absolute Gasteiger partial charge is 0.508 e. The second kappa shape index (κ2) is 4.00. The van der Waals surface area contributed by atoms with E-state index >= 15 is 0 Å². The number of hydrogen-bond donors (Lipinski definition) is 3. The highest BCUT2D eigenvalue weighted by molar-refractivity contribution is 6.28. The number of phenolic OH excluding ortho intramolecular Hbond substituents is 2. The van der Waals surface area contributed by atoms with Crippen LogP contribution in [0.15, 0.2) is 23.2 Å². The lowest BCUT2D eigenvalue weighted by Crippen LogP contribution is -2.12. The normalized spacial score (nSPS) is 11.6. The summed E-state index contributed by atoms with van der Waals surface area (Å²) in [6.07, 6.45) is 0. The van der Waals surface area contributed by atoms with Gasteiger partial charge in [-0.2, -0.15) is 0 Å². The Morgan fingerprint density at radius 3 is 2.69 bits per heavy atom. The molecule has 4 N–H and O–H groups in total. The lowest BCUT2D eigenvalue weighted by molar-refractivity contribution is 0.451. The second-order valence-corrected chi connectivity index (χ2v) is 2.68. The molecule has 1 rings (SSSR count). The summed E-state index contributed by atoms with van der Waals surface area (Å²) in [5.41, 5.74) is 5.64. The Kier molecular flexibility index (Phi) is 2.97. The molecule has 0 aliphatic carbocycles. The van der Waals surface area contributed by atoms with Gasteiger partial charge in [-0.15, -0.1) is 11.6 Å². The predicted octanol–water partition coefficient (Wildman–Crippen LogP) is 1.33. The lowest BCUT2D eigenvalue weighted by atomic mass is 10.3. The van der Waals surface area contributed by atoms with E-state index in [2.05, 4.69) is 4.99 Å². The molecule has 1 aromatic carbocycles. The number of nitrogens with two attached hydrogens (primary N) is 1. The fourth-order valence-electron chi connectivity index (χ4n) is 0.791. The molecule has 0 spiro atoms. The Hall–Kier alpha value is -1.42. The van der Waals surface area contributed by atoms with Crippen LogP contribution in [-0.4, -0.2) is 21.9 Å². The Morgan fingerprint density at radius 1 is 1.46 bits per heavy atom. The van der Waals surface area contributed by atoms with Gasteiger partial charge in [0.15, 0.2) is 0 Å². The van der Waals surface area contributed by atoms with Crippen molar-refractivity contribution in [2.24, 2.45) is 10.7 Å². The molecule has 0 saturated heterocycles. The molecular formula is C8H9ClN2O2. The molecule has 0 radical (unpaired) electrons. The number of amidine groups is 1. The minimum Gasteiger partial charge on any atom is -0.508 e. The number of phenols is 2. The molecule has 13 heavy (non-hydrogen) atoms. The quantitative estimate of drug-likeness (QED) is 0.383. The molecule has 0 aliphatic heterocycles. The van der Waals surface area contributed by atoms with Crippen molar-refractivity contribution in [1.29, 1.82) is 0 Å². The van der Waals surface area contributed by atoms with Gasteiger partial charge < -0.3 is 15.9 Å². The molecular weight excluding hydrogens is 192 g/mol. The minimum atomic E-state index is -0.131. The summed E-state index contributed by atoms with van der Waals surface area (Å²) in [7, 11) is 0. The maximum atomic E-state index is 9.27. The first kappa shape index (κ1) is 9.67. The maximum absolute atomic E-state index is 9.27. The SMILES string of the molecule is NC(CCl)=Nc1ccc(O)cc1O. The summed E-state index contributed by atoms with van der Waals surface area (Å²) in [5.74, 6) is 0.150. The molecule has 4 nitrogen and oxygen atoms in total. The van der Waals surface area contributed by atoms with E-state index in [1.807, 2.05) is 0 Å². The van der Waals surface area contributed by atoms with Crippen LogP contribution in [0.2, 0.25) is 0 Å². The van der Waals surface area contributed by atoms with Crippen LogP contribution in [0.5, 0.6) is 11.5 Å². The van der Waals surface area contributed by atoms with Crippen LogP contribution in [0.1, 0.15) is 0 Å². The van der Waals surface area contributed by atoms with Crippen LogP contribution >= 0.6 is 11.6 Å². The van der Waals surface area contributed by atoms with Crippen molar-refractivity contribution < 1.29 is 10.2 Å². The number of nitrogens with zero attached hydrogens (tertiary/aromatic N) is 1. The van der Waals surface area contributed by atoms with Crippen molar-refractivity contribution in [2.45, 2.75) is 0 Å². The number of benzene rings is 1. The summed E-state index contributed by atoms with van der Waals surface area (Å²) in [4.78, 5) is 3.82. The average molecular weight is 201 g/mol. The molecule has 70 valence electrons. The van der Waals surface area contributed by atoms with Gasteiger partial charge in [0, 0.05) is 6.07 Å². The summed E-state index contributed by atoms with van der Waals surface area (Å²) >= 11 is 5.40. The zero-order chi connectivity index (χ0) is 9.84. The molecule has 0 aromatic heterocycles. The lowest BCUT2D eigenvalue weighted by Gasteiger charge is -2.00. The summed E-state index contributed by atoms with van der Waals surface area (Å²) in [6, 6.07) is 4.03. The number of alkyl halides is 1. The predicted molar refractivity (Wildman–Crippen MR) is 51.8 cm³/mol. The van der Waals surface area contributed by atoms with Crippen molar-refractivity contribution in [3.8, 4) is 11.5 Å². The standard InChI is InChI=1S/C8H9ClN2O2/c9-4-8(10)11-6-2-1-5(12)3-7(6)13/h1-3,12-13H,4H2,(H2,10,11). The van der Waals surface area contributed by atoms with E-state index in [0.717, 1.165) is 0 Å². The van der Waals surface area contributed by atoms with E-state index in [4.69, 9.17) is 22.4 Å². The fraction of sp³-hybridized carbons (Fsp3) is 0.125. The van der Waals surface area contributed by atoms with Crippen LogP contribution in [0.3, 0.4) is 0 Å². The van der Waals surface area contributed by atoms with E-state index in [9.17, 15) is 5.11 Å². The fourth-order valence-corrected chi connectivity index (χ4v) is 0.851. The molecule has 0 amide bonds. The van der Waals surface area contributed by atoms with Gasteiger partial charge in [-0.05, 0) is 12.1 Å². The van der Waals surface area contributed by atoms with Gasteiger partial charge in [0.05, 0.1) is 5.88 Å². The summed E-state index contributed by atoms with van der Waals surface area (Å²) in [6.45, 7) is 0. The Bertz CT molecular complexity index is 339. The van der Waals surface area contributed by atoms with Gasteiger partial charge in [-0.3, -0.25) is 0 Å². The molecule has 0 heterocycles. The van der Waals surface area contributed by atoms with E-state index in [1.54, 1.807) is 0 Å². The minimum absolute atomic E-state index is 0.0269. The molecule has 0 saturated carbocycles. The Labute approximate surface area is 80.3 Å². The van der Waals surface area contributed by atoms with Gasteiger partial charge in [-0.1, -0.05) is 0 Å². The second-order valence-electron chi connectivity index (χ2n) is 2.41. The highest BCUT2D eigenvalue weighted by Crippen LogP contribution is 2.29. The van der Waals surface area contributed by atoms with E-state index in [-0.39, 0.29) is 28.9 Å². The van der Waals surface area contributed by atoms with Crippen LogP contribution in [0, 0.1) is 0 Å². The highest BCUT2D eigenvalue weighted by atomic mass is 35.5. The topological polar surface area (TPSA) is 78.8 Å². The first-order valence-corrected chi connectivity index (χ1v) is 4.08. The molecule has 0 bridgehead atoms. The van der Waals surface area contributed by atoms with Crippen LogP contribution in [-0.2, 0) is 0 Å². The monoisotopic (exact) mass is 200 g/mol. The van der Waals surface area contributed by atoms with E-state index in [0.29, 0.717) is 0 Å². The number of aromatic hydroxyl groups is 2. The van der Waals surface area contributed by atoms with Gasteiger partial charge in [0.25, 0.3) is 0 Å². The van der Waals surface area contributed by atoms with Gasteiger partial charge >= 0.3 is 0 Å². The first-order valence-electron chi connectivity index (χ1n) is 3.54. The Balaban J connectivity index is 3.03. The van der Waals surface area contributed by atoms with Crippen LogP contribution in [0.4, 0.5) is 5.69 Å². The van der Waals surface area contributed by atoms with Gasteiger partial charge in [-0.25, -0.2) is 4.99 Å². The zero-order valence-electron chi connectivity index (χ0n) is 6.74. The van der Waals surface area contributed by atoms with Gasteiger partial charge in [0.2, 0.25) is 0 Å². The third-order valence-electron chi connectivity index (χ3n) is 1.36. The molecule has 0 unspecified atom stereocenters. The van der Waals surface area contributed by atoms with Crippen molar-refractivity contribution in [3.05, 3.63) is 18.2 Å². The average Bonchev–Trinajstić information content (AvgIpc) is 2.09. The molecule has 0 aliphatic rings. The third kappa shape index (κ3) is 2.52. The maximum Gasteiger partial charge on any atom is 0.144 e. The molecule has 1 aromatic rings. The highest BCUT2D eigenvalue weighted by Gasteiger charge is 2.00. The summed E-state index contributed by atoms with van der Waals surface area (Å²) < 4.78 is 0. The third-order valence-corrected chi connectivity index (χ3v) is 1.63. The van der Waals surface area contributed by atoms with Crippen LogP contribution < -0.4 is 5.73 Å². The number of hydrogen-bond acceptors (Lipinski definition) is 3. The van der Waals surface area contributed by atoms with E-state index < -0.39 is 0 Å². The first-order chi connectivity index (χ1) is 6.13. The number of halogens is 1. The molecule has 0 atom stereocenters. The number of aliphatic imine (C=N–C) groups is 1. The molecule has 0 fully saturated rings. The van der Waals surface area contributed by atoms with Crippen molar-refractivity contribution in [2.75, 3.05) is 5.88 Å². The number of rotatable bonds is 2. The van der Waals surface area contributed by atoms with Gasteiger partial charge in [0.1, 0.15) is 23.0 Å². The Morgan fingerprint density at radius 2 is 2.15 bits per heavy atom. The van der Waals surface area contributed by atoms with Crippen molar-refractivity contribution in [3.63, 3.8) is 0 Å². The smallest absolute Gasteiger partial charge is 0.144 e.